The Hall–Kier alpha value is -3.51. The van der Waals surface area contributed by atoms with E-state index in [0.29, 0.717) is 6.07 Å². The lowest BCUT2D eigenvalue weighted by Gasteiger charge is -2.30. The van der Waals surface area contributed by atoms with Crippen molar-refractivity contribution in [2.75, 3.05) is 19.5 Å². The van der Waals surface area contributed by atoms with Gasteiger partial charge in [-0.2, -0.15) is 9.97 Å². The van der Waals surface area contributed by atoms with Gasteiger partial charge in [0.05, 0.1) is 18.0 Å². The molecule has 3 atom stereocenters. The fourth-order valence-corrected chi connectivity index (χ4v) is 3.86. The molecular weight excluding hydrogens is 597 g/mol. The van der Waals surface area contributed by atoms with Crippen LogP contribution in [0.1, 0.15) is 11.9 Å². The van der Waals surface area contributed by atoms with E-state index >= 15 is 4.39 Å². The summed E-state index contributed by atoms with van der Waals surface area (Å²) < 4.78 is 68.0. The smallest absolute Gasteiger partial charge is 0.479 e. The Labute approximate surface area is 231 Å². The van der Waals surface area contributed by atoms with Gasteiger partial charge in [-0.3, -0.25) is 4.57 Å². The fourth-order valence-electron chi connectivity index (χ4n) is 3.53. The lowest BCUT2D eigenvalue weighted by molar-refractivity contribution is -0.274. The molecule has 0 amide bonds. The van der Waals surface area contributed by atoms with Crippen LogP contribution in [-0.4, -0.2) is 84.7 Å². The van der Waals surface area contributed by atoms with Crippen molar-refractivity contribution in [1.29, 1.82) is 0 Å². The number of aliphatic carboxylic acids is 2. The minimum Gasteiger partial charge on any atom is -0.479 e. The van der Waals surface area contributed by atoms with Crippen molar-refractivity contribution in [2.45, 2.75) is 36.9 Å². The highest BCUT2D eigenvalue weighted by Gasteiger charge is 2.49. The zero-order valence-corrected chi connectivity index (χ0v) is 21.5. The van der Waals surface area contributed by atoms with Crippen molar-refractivity contribution in [2.24, 2.45) is 0 Å². The third-order valence-corrected chi connectivity index (χ3v) is 5.99. The first kappa shape index (κ1) is 31.0. The van der Waals surface area contributed by atoms with Crippen molar-refractivity contribution < 1.29 is 56.7 Å². The highest BCUT2D eigenvalue weighted by Crippen LogP contribution is 2.33. The number of anilines is 1. The predicted molar refractivity (Wildman–Crippen MR) is 127 cm³/mol. The van der Waals surface area contributed by atoms with Gasteiger partial charge in [0.25, 0.3) is 5.60 Å². The Kier molecular flexibility index (Phi) is 9.25. The molecule has 0 saturated heterocycles. The van der Waals surface area contributed by atoms with E-state index in [9.17, 15) is 38.1 Å². The second-order valence-electron chi connectivity index (χ2n) is 8.08. The van der Waals surface area contributed by atoms with E-state index in [4.69, 9.17) is 38.4 Å². The van der Waals surface area contributed by atoms with Crippen LogP contribution in [0.3, 0.4) is 0 Å². The van der Waals surface area contributed by atoms with Gasteiger partial charge < -0.3 is 35.3 Å². The van der Waals surface area contributed by atoms with Gasteiger partial charge in [-0.05, 0) is 29.3 Å². The summed E-state index contributed by atoms with van der Waals surface area (Å²) in [5, 5.41) is 29.3. The number of hydrogen-bond acceptors (Lipinski definition) is 10. The van der Waals surface area contributed by atoms with Crippen LogP contribution in [0.5, 0.6) is 5.75 Å². The number of aliphatic hydroxyl groups is 1. The highest BCUT2D eigenvalue weighted by molar-refractivity contribution is 6.32. The Morgan fingerprint density at radius 2 is 1.82 bits per heavy atom. The molecule has 0 fully saturated rings. The number of carbonyl (C=O) groups is 2. The molecule has 19 heteroatoms. The normalized spacial score (nSPS) is 14.6. The summed E-state index contributed by atoms with van der Waals surface area (Å²) in [7, 11) is 0.996. The Morgan fingerprint density at radius 3 is 2.40 bits per heavy atom. The number of imidazole rings is 1. The lowest BCUT2D eigenvalue weighted by Crippen LogP contribution is -2.53. The summed E-state index contributed by atoms with van der Waals surface area (Å²) in [6, 6.07) is 2.67. The molecule has 0 saturated carbocycles. The van der Waals surface area contributed by atoms with E-state index in [1.54, 1.807) is 0 Å². The topological polar surface area (TPSA) is 192 Å². The van der Waals surface area contributed by atoms with E-state index in [1.807, 2.05) is 0 Å². The molecule has 0 unspecified atom stereocenters. The number of nitrogen functional groups attached to an aromatic ring is 1. The van der Waals surface area contributed by atoms with Crippen LogP contribution in [0.15, 0.2) is 24.5 Å². The predicted octanol–water partition coefficient (Wildman–Crippen LogP) is 2.63. The van der Waals surface area contributed by atoms with Gasteiger partial charge in [-0.1, -0.05) is 17.7 Å². The van der Waals surface area contributed by atoms with Crippen LogP contribution in [0.4, 0.5) is 23.4 Å². The van der Waals surface area contributed by atoms with Gasteiger partial charge in [-0.15, -0.1) is 13.2 Å². The zero-order valence-electron chi connectivity index (χ0n) is 20.0. The van der Waals surface area contributed by atoms with E-state index in [0.717, 1.165) is 30.1 Å². The number of alkyl halides is 4. The van der Waals surface area contributed by atoms with Crippen molar-refractivity contribution in [3.8, 4) is 5.75 Å². The molecule has 40 heavy (non-hydrogen) atoms. The van der Waals surface area contributed by atoms with Gasteiger partial charge >= 0.3 is 18.3 Å². The molecule has 2 heterocycles. The van der Waals surface area contributed by atoms with Gasteiger partial charge in [0.1, 0.15) is 23.5 Å². The number of carboxylic acid groups (broad SMARTS) is 2. The van der Waals surface area contributed by atoms with Gasteiger partial charge in [0.15, 0.2) is 11.5 Å². The maximum Gasteiger partial charge on any atom is 0.573 e. The number of benzene rings is 1. The van der Waals surface area contributed by atoms with Crippen LogP contribution in [0.2, 0.25) is 10.3 Å². The van der Waals surface area contributed by atoms with E-state index < -0.39 is 66.2 Å². The van der Waals surface area contributed by atoms with Crippen molar-refractivity contribution in [3.05, 3.63) is 40.4 Å². The second-order valence-corrected chi connectivity index (χ2v) is 8.82. The standard InChI is InChI=1S/C21H19Cl2F4N5O8/c1-38-11(13(33)14(24)32-7-29-12-15(28)30-19(23)31-16(12)32)6-39-20(17(34)35,18(36)37)5-8-2-3-9(22)10(4-8)40-21(25,26)27/h2-4,7,11,13-14,33H,5-6H2,1H3,(H,34,35)(H,36,37)(H2,28,30,31)/t11-,13-,14-/m1/s1. The number of methoxy groups -OCH3 is 1. The summed E-state index contributed by atoms with van der Waals surface area (Å²) in [6.45, 7) is -1.01. The number of fused-ring (bicyclic) bond motifs is 1. The van der Waals surface area contributed by atoms with Crippen LogP contribution < -0.4 is 10.5 Å². The van der Waals surface area contributed by atoms with Crippen LogP contribution in [0.25, 0.3) is 11.2 Å². The quantitative estimate of drug-likeness (QED) is 0.132. The minimum absolute atomic E-state index is 0.0444. The number of aromatic nitrogens is 4. The number of carboxylic acids is 2. The zero-order chi connectivity index (χ0) is 30.0. The number of nitrogens with two attached hydrogens (primary N) is 1. The maximum atomic E-state index is 15.3. The third kappa shape index (κ3) is 6.61. The number of aliphatic hydroxyl groups excluding tert-OH is 1. The number of rotatable bonds is 12. The molecule has 218 valence electrons. The molecule has 5 N–H and O–H groups in total. The summed E-state index contributed by atoms with van der Waals surface area (Å²) in [5.74, 6) is -5.21. The summed E-state index contributed by atoms with van der Waals surface area (Å²) in [6.07, 6.45) is -11.4. The number of nitrogens with zero attached hydrogens (tertiary/aromatic N) is 4. The first-order valence-electron chi connectivity index (χ1n) is 10.7. The van der Waals surface area contributed by atoms with Gasteiger partial charge in [-0.25, -0.2) is 19.0 Å². The Balaban J connectivity index is 1.87. The number of halogens is 6. The molecule has 0 bridgehead atoms. The lowest BCUT2D eigenvalue weighted by atomic mass is 9.94. The van der Waals surface area contributed by atoms with Crippen molar-refractivity contribution >= 4 is 52.1 Å². The highest BCUT2D eigenvalue weighted by atomic mass is 35.5. The maximum absolute atomic E-state index is 15.3. The first-order valence-corrected chi connectivity index (χ1v) is 11.5. The summed E-state index contributed by atoms with van der Waals surface area (Å²) in [5.41, 5.74) is 2.02. The molecule has 0 aliphatic carbocycles. The number of hydrogen-bond donors (Lipinski definition) is 4. The van der Waals surface area contributed by atoms with Crippen LogP contribution >= 0.6 is 23.2 Å². The molecule has 0 aliphatic rings. The number of ether oxygens (including phenoxy) is 3. The molecule has 0 spiro atoms. The van der Waals surface area contributed by atoms with Gasteiger partial charge in [0.2, 0.25) is 11.6 Å². The van der Waals surface area contributed by atoms with Crippen molar-refractivity contribution in [3.63, 3.8) is 0 Å². The third-order valence-electron chi connectivity index (χ3n) is 5.51. The molecular formula is C21H19Cl2F4N5O8. The fraction of sp³-hybridized carbons (Fsp3) is 0.381. The average Bonchev–Trinajstić information content (AvgIpc) is 3.27. The Bertz CT molecular complexity index is 1400. The van der Waals surface area contributed by atoms with Crippen LogP contribution in [-0.2, 0) is 25.5 Å². The summed E-state index contributed by atoms with van der Waals surface area (Å²) >= 11 is 11.4. The largest absolute Gasteiger partial charge is 0.573 e. The van der Waals surface area contributed by atoms with Crippen LogP contribution in [0, 0.1) is 0 Å². The van der Waals surface area contributed by atoms with Crippen molar-refractivity contribution in [1.82, 2.24) is 19.5 Å². The van der Waals surface area contributed by atoms with E-state index in [1.165, 1.54) is 0 Å². The van der Waals surface area contributed by atoms with E-state index in [-0.39, 0.29) is 27.8 Å². The minimum atomic E-state index is -5.15. The van der Waals surface area contributed by atoms with Gasteiger partial charge in [0, 0.05) is 13.5 Å². The SMILES string of the molecule is CO[C@H](COC(Cc1ccc(Cl)c(OC(F)(F)F)c1)(C(=O)O)C(=O)O)[C@@H](O)[C@H](F)n1cnc2c(N)nc(Cl)nc21. The monoisotopic (exact) mass is 615 g/mol. The Morgan fingerprint density at radius 1 is 1.18 bits per heavy atom. The molecule has 13 nitrogen and oxygen atoms in total. The molecule has 1 aromatic carbocycles. The molecule has 0 radical (unpaired) electrons. The first-order chi connectivity index (χ1) is 18.6. The molecule has 0 aliphatic heterocycles. The molecule has 3 aromatic rings. The van der Waals surface area contributed by atoms with E-state index in [2.05, 4.69) is 19.7 Å². The average molecular weight is 616 g/mol. The second kappa shape index (κ2) is 11.9. The summed E-state index contributed by atoms with van der Waals surface area (Å²) in [4.78, 5) is 35.5. The molecule has 2 aromatic heterocycles. The molecule has 3 rings (SSSR count).